The first-order valence-corrected chi connectivity index (χ1v) is 13.8. The molecule has 0 radical (unpaired) electrons. The van der Waals surface area contributed by atoms with Crippen molar-refractivity contribution in [1.82, 2.24) is 4.31 Å². The molecule has 0 aliphatic carbocycles. The van der Waals surface area contributed by atoms with Crippen LogP contribution in [0.15, 0.2) is 100 Å². The van der Waals surface area contributed by atoms with Crippen LogP contribution in [-0.2, 0) is 19.6 Å². The number of hydrogen-bond donors (Lipinski definition) is 0. The number of nitrogens with zero attached hydrogens (tertiary/aromatic N) is 3. The van der Waals surface area contributed by atoms with Crippen molar-refractivity contribution in [2.24, 2.45) is 11.0 Å². The number of anilines is 1. The molecule has 8 nitrogen and oxygen atoms in total. The molecule has 5 rings (SSSR count). The first-order chi connectivity index (χ1) is 18.3. The number of carbonyl (C=O) groups is 2. The van der Waals surface area contributed by atoms with Gasteiger partial charge >= 0.3 is 5.97 Å². The summed E-state index contributed by atoms with van der Waals surface area (Å²) in [5.74, 6) is -0.870. The van der Waals surface area contributed by atoms with E-state index in [0.29, 0.717) is 42.1 Å². The van der Waals surface area contributed by atoms with E-state index in [1.54, 1.807) is 67.6 Å². The molecule has 1 fully saturated rings. The van der Waals surface area contributed by atoms with Gasteiger partial charge in [-0.3, -0.25) is 9.59 Å². The van der Waals surface area contributed by atoms with Crippen molar-refractivity contribution in [2.75, 3.05) is 18.1 Å². The van der Waals surface area contributed by atoms with Crippen LogP contribution in [0.5, 0.6) is 5.75 Å². The van der Waals surface area contributed by atoms with Crippen LogP contribution >= 0.6 is 0 Å². The number of para-hydroxylation sites is 1. The van der Waals surface area contributed by atoms with Crippen molar-refractivity contribution >= 4 is 39.4 Å². The number of rotatable bonds is 6. The summed E-state index contributed by atoms with van der Waals surface area (Å²) in [5, 5.41) is 5.76. The van der Waals surface area contributed by atoms with Crippen molar-refractivity contribution in [3.63, 3.8) is 0 Å². The fraction of sp³-hybridized carbons (Fsp3) is 0.207. The van der Waals surface area contributed by atoms with E-state index in [1.807, 2.05) is 30.3 Å². The second kappa shape index (κ2) is 10.7. The summed E-state index contributed by atoms with van der Waals surface area (Å²) in [7, 11) is -3.67. The van der Waals surface area contributed by atoms with Gasteiger partial charge in [0.1, 0.15) is 5.75 Å². The minimum absolute atomic E-state index is 0.0822. The molecule has 9 heteroatoms. The number of ether oxygens (including phenoxy) is 1. The van der Waals surface area contributed by atoms with Crippen LogP contribution in [0.1, 0.15) is 25.3 Å². The molecule has 1 amide bonds. The molecule has 38 heavy (non-hydrogen) atoms. The number of esters is 1. The third kappa shape index (κ3) is 5.29. The minimum Gasteiger partial charge on any atom is -0.426 e. The van der Waals surface area contributed by atoms with E-state index in [1.165, 1.54) is 9.31 Å². The fourth-order valence-electron chi connectivity index (χ4n) is 4.52. The van der Waals surface area contributed by atoms with Gasteiger partial charge in [0.2, 0.25) is 10.0 Å². The molecule has 1 atom stereocenters. The molecule has 2 aliphatic rings. The quantitative estimate of drug-likeness (QED) is 0.266. The lowest BCUT2D eigenvalue weighted by molar-refractivity contribution is -0.140. The molecule has 1 unspecified atom stereocenters. The number of benzene rings is 3. The lowest BCUT2D eigenvalue weighted by Crippen LogP contribution is -2.43. The Labute approximate surface area is 221 Å². The van der Waals surface area contributed by atoms with E-state index in [2.05, 4.69) is 5.10 Å². The Balaban J connectivity index is 1.23. The monoisotopic (exact) mass is 529 g/mol. The maximum atomic E-state index is 13.0. The van der Waals surface area contributed by atoms with E-state index in [-0.39, 0.29) is 17.3 Å². The standard InChI is InChI=1S/C29H27N3O5S/c1-21-27(28(33)32(30-21)24-10-4-2-5-11-24)19-22-14-16-25(17-15-22)37-29(34)23-9-8-18-31(20-23)38(35,36)26-12-6-3-7-13-26/h2-7,10-17,19,23H,8-9,18,20H2,1H3. The zero-order chi connectivity index (χ0) is 26.7. The van der Waals surface area contributed by atoms with Crippen LogP contribution in [0.3, 0.4) is 0 Å². The molecule has 3 aromatic carbocycles. The van der Waals surface area contributed by atoms with Gasteiger partial charge in [-0.05, 0) is 67.8 Å². The van der Waals surface area contributed by atoms with Gasteiger partial charge in [0.15, 0.2) is 0 Å². The van der Waals surface area contributed by atoms with Gasteiger partial charge in [-0.1, -0.05) is 48.5 Å². The fourth-order valence-corrected chi connectivity index (χ4v) is 6.07. The molecule has 3 aromatic rings. The lowest BCUT2D eigenvalue weighted by Gasteiger charge is -2.30. The first-order valence-electron chi connectivity index (χ1n) is 12.4. The van der Waals surface area contributed by atoms with E-state index in [4.69, 9.17) is 4.74 Å². The van der Waals surface area contributed by atoms with Crippen LogP contribution in [0.2, 0.25) is 0 Å². The van der Waals surface area contributed by atoms with Crippen molar-refractivity contribution in [2.45, 2.75) is 24.7 Å². The van der Waals surface area contributed by atoms with E-state index in [9.17, 15) is 18.0 Å². The average Bonchev–Trinajstić information content (AvgIpc) is 3.23. The Morgan fingerprint density at radius 1 is 0.974 bits per heavy atom. The summed E-state index contributed by atoms with van der Waals surface area (Å²) in [6.45, 7) is 2.24. The molecule has 0 saturated carbocycles. The predicted molar refractivity (Wildman–Crippen MR) is 145 cm³/mol. The molecular weight excluding hydrogens is 502 g/mol. The summed E-state index contributed by atoms with van der Waals surface area (Å²) in [4.78, 5) is 26.0. The number of amides is 1. The number of carbonyl (C=O) groups excluding carboxylic acids is 2. The summed E-state index contributed by atoms with van der Waals surface area (Å²) in [5.41, 5.74) is 2.55. The lowest BCUT2D eigenvalue weighted by atomic mass is 10.00. The van der Waals surface area contributed by atoms with Crippen LogP contribution < -0.4 is 9.75 Å². The van der Waals surface area contributed by atoms with E-state index in [0.717, 1.165) is 5.56 Å². The maximum Gasteiger partial charge on any atom is 0.315 e. The van der Waals surface area contributed by atoms with Gasteiger partial charge in [0.05, 0.1) is 27.8 Å². The number of piperidine rings is 1. The van der Waals surface area contributed by atoms with Crippen LogP contribution in [-0.4, -0.2) is 43.4 Å². The predicted octanol–water partition coefficient (Wildman–Crippen LogP) is 4.50. The van der Waals surface area contributed by atoms with Crippen molar-refractivity contribution in [3.05, 3.63) is 96.1 Å². The molecule has 2 aliphatic heterocycles. The topological polar surface area (TPSA) is 96.3 Å². The van der Waals surface area contributed by atoms with Crippen LogP contribution in [0, 0.1) is 5.92 Å². The van der Waals surface area contributed by atoms with Gasteiger partial charge in [-0.25, -0.2) is 8.42 Å². The van der Waals surface area contributed by atoms with Crippen LogP contribution in [0.4, 0.5) is 5.69 Å². The van der Waals surface area contributed by atoms with Gasteiger partial charge in [0, 0.05) is 13.1 Å². The highest BCUT2D eigenvalue weighted by atomic mass is 32.2. The Bertz CT molecular complexity index is 1500. The molecular formula is C29H27N3O5S. The summed E-state index contributed by atoms with van der Waals surface area (Å²) in [6.07, 6.45) is 2.89. The highest BCUT2D eigenvalue weighted by Crippen LogP contribution is 2.27. The Morgan fingerprint density at radius 3 is 2.32 bits per heavy atom. The molecule has 194 valence electrons. The highest BCUT2D eigenvalue weighted by molar-refractivity contribution is 7.89. The molecule has 0 N–H and O–H groups in total. The normalized spacial score (nSPS) is 19.4. The SMILES string of the molecule is CC1=NN(c2ccccc2)C(=O)C1=Cc1ccc(OC(=O)C2CCCN(S(=O)(=O)c3ccccc3)C2)cc1. The zero-order valence-corrected chi connectivity index (χ0v) is 21.7. The van der Waals surface area contributed by atoms with Crippen molar-refractivity contribution in [1.29, 1.82) is 0 Å². The van der Waals surface area contributed by atoms with Gasteiger partial charge in [0.25, 0.3) is 5.91 Å². The number of hydrogen-bond acceptors (Lipinski definition) is 6. The number of sulfonamides is 1. The molecule has 0 aromatic heterocycles. The average molecular weight is 530 g/mol. The Hall–Kier alpha value is -4.08. The largest absolute Gasteiger partial charge is 0.426 e. The van der Waals surface area contributed by atoms with E-state index < -0.39 is 21.9 Å². The summed E-state index contributed by atoms with van der Waals surface area (Å²) < 4.78 is 32.9. The van der Waals surface area contributed by atoms with Gasteiger partial charge in [-0.2, -0.15) is 14.4 Å². The van der Waals surface area contributed by atoms with Crippen molar-refractivity contribution < 1.29 is 22.7 Å². The Morgan fingerprint density at radius 2 is 1.63 bits per heavy atom. The third-order valence-electron chi connectivity index (χ3n) is 6.57. The third-order valence-corrected chi connectivity index (χ3v) is 8.45. The second-order valence-corrected chi connectivity index (χ2v) is 11.1. The van der Waals surface area contributed by atoms with Gasteiger partial charge in [-0.15, -0.1) is 0 Å². The highest BCUT2D eigenvalue weighted by Gasteiger charge is 2.34. The molecule has 2 heterocycles. The first kappa shape index (κ1) is 25.6. The molecule has 0 bridgehead atoms. The molecule has 0 spiro atoms. The smallest absolute Gasteiger partial charge is 0.315 e. The van der Waals surface area contributed by atoms with Crippen LogP contribution in [0.25, 0.3) is 6.08 Å². The minimum atomic E-state index is -3.67. The van der Waals surface area contributed by atoms with E-state index >= 15 is 0 Å². The van der Waals surface area contributed by atoms with Crippen molar-refractivity contribution in [3.8, 4) is 5.75 Å². The number of hydrazone groups is 1. The second-order valence-electron chi connectivity index (χ2n) is 9.20. The Kier molecular flexibility index (Phi) is 7.22. The van der Waals surface area contributed by atoms with Gasteiger partial charge < -0.3 is 4.74 Å². The molecule has 1 saturated heterocycles. The summed E-state index contributed by atoms with van der Waals surface area (Å²) in [6, 6.07) is 24.3. The summed E-state index contributed by atoms with van der Waals surface area (Å²) >= 11 is 0. The maximum absolute atomic E-state index is 13.0. The zero-order valence-electron chi connectivity index (χ0n) is 20.9.